The van der Waals surface area contributed by atoms with E-state index in [1.54, 1.807) is 12.1 Å². The lowest BCUT2D eigenvalue weighted by atomic mass is 9.98. The lowest BCUT2D eigenvalue weighted by Gasteiger charge is -2.29. The van der Waals surface area contributed by atoms with E-state index in [0.29, 0.717) is 30.9 Å². The summed E-state index contributed by atoms with van der Waals surface area (Å²) in [5, 5.41) is 12.8. The van der Waals surface area contributed by atoms with E-state index >= 15 is 0 Å². The van der Waals surface area contributed by atoms with E-state index in [1.807, 2.05) is 0 Å². The van der Waals surface area contributed by atoms with Crippen LogP contribution in [0, 0.1) is 5.92 Å². The summed E-state index contributed by atoms with van der Waals surface area (Å²) in [5.74, 6) is -0.843. The summed E-state index contributed by atoms with van der Waals surface area (Å²) in [4.78, 5) is 24.9. The molecular formula is C14H14N2O5. The summed E-state index contributed by atoms with van der Waals surface area (Å²) in [6.07, 6.45) is 2.77. The van der Waals surface area contributed by atoms with E-state index in [9.17, 15) is 9.59 Å². The number of hydrogen-bond donors (Lipinski definition) is 1. The van der Waals surface area contributed by atoms with E-state index in [2.05, 4.69) is 5.16 Å². The monoisotopic (exact) mass is 290 g/mol. The zero-order valence-electron chi connectivity index (χ0n) is 11.2. The van der Waals surface area contributed by atoms with Crippen LogP contribution in [0.5, 0.6) is 0 Å². The Morgan fingerprint density at radius 1 is 1.38 bits per heavy atom. The lowest BCUT2D eigenvalue weighted by Crippen LogP contribution is -2.42. The van der Waals surface area contributed by atoms with Crippen LogP contribution in [0.25, 0.3) is 11.5 Å². The zero-order valence-corrected chi connectivity index (χ0v) is 11.2. The number of aliphatic carboxylic acids is 1. The molecule has 1 N–H and O–H groups in total. The number of piperidine rings is 1. The summed E-state index contributed by atoms with van der Waals surface area (Å²) in [7, 11) is 0. The highest BCUT2D eigenvalue weighted by Gasteiger charge is 2.30. The van der Waals surface area contributed by atoms with Gasteiger partial charge in [-0.05, 0) is 25.0 Å². The van der Waals surface area contributed by atoms with Gasteiger partial charge in [-0.1, -0.05) is 5.16 Å². The molecule has 0 radical (unpaired) electrons. The topological polar surface area (TPSA) is 96.8 Å². The number of carboxylic acids is 1. The Labute approximate surface area is 120 Å². The molecule has 1 fully saturated rings. The van der Waals surface area contributed by atoms with Crippen molar-refractivity contribution in [2.45, 2.75) is 12.8 Å². The molecule has 110 valence electrons. The smallest absolute Gasteiger partial charge is 0.308 e. The Bertz CT molecular complexity index is 646. The number of aromatic nitrogens is 1. The number of carbonyl (C=O) groups is 2. The Kier molecular flexibility index (Phi) is 3.47. The third-order valence-electron chi connectivity index (χ3n) is 3.55. The molecule has 0 bridgehead atoms. The number of amides is 1. The van der Waals surface area contributed by atoms with Crippen molar-refractivity contribution >= 4 is 11.9 Å². The number of furan rings is 1. The average Bonchev–Trinajstić information content (AvgIpc) is 3.17. The van der Waals surface area contributed by atoms with Gasteiger partial charge in [0.1, 0.15) is 0 Å². The minimum atomic E-state index is -0.871. The van der Waals surface area contributed by atoms with Crippen molar-refractivity contribution in [3.63, 3.8) is 0 Å². The van der Waals surface area contributed by atoms with Crippen LogP contribution in [0.3, 0.4) is 0 Å². The Morgan fingerprint density at radius 2 is 2.24 bits per heavy atom. The molecule has 0 aliphatic carbocycles. The van der Waals surface area contributed by atoms with Gasteiger partial charge in [-0.2, -0.15) is 0 Å². The Balaban J connectivity index is 1.74. The predicted octanol–water partition coefficient (Wildman–Crippen LogP) is 1.87. The second-order valence-electron chi connectivity index (χ2n) is 4.98. The van der Waals surface area contributed by atoms with Crippen LogP contribution >= 0.6 is 0 Å². The summed E-state index contributed by atoms with van der Waals surface area (Å²) < 4.78 is 10.3. The van der Waals surface area contributed by atoms with Crippen molar-refractivity contribution in [1.29, 1.82) is 0 Å². The standard InChI is InChI=1S/C14H14N2O5/c17-13(16-5-1-3-9(8-16)14(18)19)10-7-12(21-15-10)11-4-2-6-20-11/h2,4,6-7,9H,1,3,5,8H2,(H,18,19). The van der Waals surface area contributed by atoms with Crippen LogP contribution in [0.1, 0.15) is 23.3 Å². The highest BCUT2D eigenvalue weighted by Crippen LogP contribution is 2.23. The zero-order chi connectivity index (χ0) is 14.8. The van der Waals surface area contributed by atoms with E-state index < -0.39 is 11.9 Å². The first-order chi connectivity index (χ1) is 10.1. The average molecular weight is 290 g/mol. The largest absolute Gasteiger partial charge is 0.481 e. The first-order valence-corrected chi connectivity index (χ1v) is 6.68. The maximum absolute atomic E-state index is 12.3. The van der Waals surface area contributed by atoms with Gasteiger partial charge in [0, 0.05) is 19.2 Å². The fourth-order valence-electron chi connectivity index (χ4n) is 2.44. The minimum absolute atomic E-state index is 0.160. The summed E-state index contributed by atoms with van der Waals surface area (Å²) in [6, 6.07) is 4.92. The molecule has 7 heteroatoms. The van der Waals surface area contributed by atoms with Crippen LogP contribution in [0.4, 0.5) is 0 Å². The quantitative estimate of drug-likeness (QED) is 0.926. The number of rotatable bonds is 3. The number of likely N-dealkylation sites (tertiary alicyclic amines) is 1. The molecule has 2 aromatic rings. The van der Waals surface area contributed by atoms with E-state index in [1.165, 1.54) is 17.2 Å². The molecule has 2 aromatic heterocycles. The fraction of sp³-hybridized carbons (Fsp3) is 0.357. The van der Waals surface area contributed by atoms with E-state index in [-0.39, 0.29) is 18.1 Å². The molecule has 1 aliphatic rings. The fourth-order valence-corrected chi connectivity index (χ4v) is 2.44. The molecular weight excluding hydrogens is 276 g/mol. The molecule has 1 unspecified atom stereocenters. The van der Waals surface area contributed by atoms with Crippen LogP contribution < -0.4 is 0 Å². The van der Waals surface area contributed by atoms with Gasteiger partial charge in [0.2, 0.25) is 5.76 Å². The molecule has 0 saturated carbocycles. The van der Waals surface area contributed by atoms with Crippen LogP contribution in [0.15, 0.2) is 33.4 Å². The normalized spacial score (nSPS) is 18.7. The Morgan fingerprint density at radius 3 is 2.95 bits per heavy atom. The van der Waals surface area contributed by atoms with Gasteiger partial charge in [0.25, 0.3) is 5.91 Å². The minimum Gasteiger partial charge on any atom is -0.481 e. The van der Waals surface area contributed by atoms with Crippen molar-refractivity contribution in [3.05, 3.63) is 30.2 Å². The Hall–Kier alpha value is -2.57. The van der Waals surface area contributed by atoms with Crippen LogP contribution in [0.2, 0.25) is 0 Å². The van der Waals surface area contributed by atoms with Gasteiger partial charge in [0.15, 0.2) is 11.5 Å². The van der Waals surface area contributed by atoms with Crippen molar-refractivity contribution in [3.8, 4) is 11.5 Å². The molecule has 1 atom stereocenters. The number of nitrogens with zero attached hydrogens (tertiary/aromatic N) is 2. The van der Waals surface area contributed by atoms with Gasteiger partial charge in [0.05, 0.1) is 12.2 Å². The first kappa shape index (κ1) is 13.4. The molecule has 7 nitrogen and oxygen atoms in total. The van der Waals surface area contributed by atoms with Crippen molar-refractivity contribution in [2.75, 3.05) is 13.1 Å². The van der Waals surface area contributed by atoms with E-state index in [4.69, 9.17) is 14.0 Å². The second kappa shape index (κ2) is 5.43. The van der Waals surface area contributed by atoms with Crippen molar-refractivity contribution < 1.29 is 23.6 Å². The third kappa shape index (κ3) is 2.67. The second-order valence-corrected chi connectivity index (χ2v) is 4.98. The maximum atomic E-state index is 12.3. The number of hydrogen-bond acceptors (Lipinski definition) is 5. The third-order valence-corrected chi connectivity index (χ3v) is 3.55. The van der Waals surface area contributed by atoms with Gasteiger partial charge >= 0.3 is 5.97 Å². The van der Waals surface area contributed by atoms with Gasteiger partial charge in [-0.3, -0.25) is 9.59 Å². The number of carboxylic acid groups (broad SMARTS) is 1. The van der Waals surface area contributed by atoms with Crippen molar-refractivity contribution in [2.24, 2.45) is 5.92 Å². The molecule has 1 saturated heterocycles. The molecule has 0 spiro atoms. The first-order valence-electron chi connectivity index (χ1n) is 6.68. The highest BCUT2D eigenvalue weighted by molar-refractivity contribution is 5.93. The van der Waals surface area contributed by atoms with Crippen molar-refractivity contribution in [1.82, 2.24) is 10.1 Å². The summed E-state index contributed by atoms with van der Waals surface area (Å²) >= 11 is 0. The highest BCUT2D eigenvalue weighted by atomic mass is 16.5. The molecule has 3 heterocycles. The molecule has 1 aliphatic heterocycles. The SMILES string of the molecule is O=C(O)C1CCCN(C(=O)c2cc(-c3ccco3)on2)C1. The summed E-state index contributed by atoms with van der Waals surface area (Å²) in [5.41, 5.74) is 0.160. The summed E-state index contributed by atoms with van der Waals surface area (Å²) in [6.45, 7) is 0.739. The maximum Gasteiger partial charge on any atom is 0.308 e. The molecule has 21 heavy (non-hydrogen) atoms. The van der Waals surface area contributed by atoms with E-state index in [0.717, 1.165) is 0 Å². The number of carbonyl (C=O) groups excluding carboxylic acids is 1. The lowest BCUT2D eigenvalue weighted by molar-refractivity contribution is -0.143. The predicted molar refractivity (Wildman–Crippen MR) is 70.5 cm³/mol. The van der Waals surface area contributed by atoms with Crippen LogP contribution in [-0.2, 0) is 4.79 Å². The van der Waals surface area contributed by atoms with Gasteiger partial charge in [-0.15, -0.1) is 0 Å². The van der Waals surface area contributed by atoms with Crippen LogP contribution in [-0.4, -0.2) is 40.1 Å². The molecule has 3 rings (SSSR count). The molecule has 0 aromatic carbocycles. The van der Waals surface area contributed by atoms with Gasteiger partial charge < -0.3 is 18.9 Å². The molecule has 1 amide bonds. The van der Waals surface area contributed by atoms with Gasteiger partial charge in [-0.25, -0.2) is 0 Å².